The van der Waals surface area contributed by atoms with Gasteiger partial charge in [0.05, 0.1) is 6.10 Å². The maximum Gasteiger partial charge on any atom is 0.133 e. The molecule has 0 saturated carbocycles. The molecule has 0 aromatic heterocycles. The van der Waals surface area contributed by atoms with Crippen molar-refractivity contribution >= 4 is 0 Å². The summed E-state index contributed by atoms with van der Waals surface area (Å²) in [5.41, 5.74) is 3.05. The van der Waals surface area contributed by atoms with Gasteiger partial charge in [-0.15, -0.1) is 0 Å². The fourth-order valence-electron chi connectivity index (χ4n) is 1.85. The standard InChI is InChI=1S/C16H18O2/c1-11-8-9-12(2)16(10-11)18-15-7-5-4-6-14(15)13(3)17/h4-10,13,17H,1-3H3. The van der Waals surface area contributed by atoms with Crippen LogP contribution in [0.2, 0.25) is 0 Å². The van der Waals surface area contributed by atoms with Gasteiger partial charge in [-0.2, -0.15) is 0 Å². The topological polar surface area (TPSA) is 29.5 Å². The van der Waals surface area contributed by atoms with Gasteiger partial charge in [0, 0.05) is 5.56 Å². The zero-order chi connectivity index (χ0) is 13.1. The second-order valence-corrected chi connectivity index (χ2v) is 4.58. The number of aliphatic hydroxyl groups excluding tert-OH is 1. The highest BCUT2D eigenvalue weighted by molar-refractivity contribution is 5.43. The fraction of sp³-hybridized carbons (Fsp3) is 0.250. The summed E-state index contributed by atoms with van der Waals surface area (Å²) in [7, 11) is 0. The van der Waals surface area contributed by atoms with Crippen LogP contribution >= 0.6 is 0 Å². The van der Waals surface area contributed by atoms with Gasteiger partial charge in [-0.1, -0.05) is 30.3 Å². The molecule has 18 heavy (non-hydrogen) atoms. The van der Waals surface area contributed by atoms with Gasteiger partial charge in [-0.3, -0.25) is 0 Å². The highest BCUT2D eigenvalue weighted by Gasteiger charge is 2.10. The summed E-state index contributed by atoms with van der Waals surface area (Å²) >= 11 is 0. The molecule has 2 aromatic carbocycles. The number of hydrogen-bond donors (Lipinski definition) is 1. The maximum absolute atomic E-state index is 9.73. The lowest BCUT2D eigenvalue weighted by Gasteiger charge is -2.14. The minimum absolute atomic E-state index is 0.536. The van der Waals surface area contributed by atoms with Crippen LogP contribution in [0.1, 0.15) is 29.7 Å². The zero-order valence-corrected chi connectivity index (χ0v) is 11.0. The first-order valence-electron chi connectivity index (χ1n) is 6.10. The quantitative estimate of drug-likeness (QED) is 0.876. The number of ether oxygens (including phenoxy) is 1. The van der Waals surface area contributed by atoms with Crippen molar-refractivity contribution < 1.29 is 9.84 Å². The number of para-hydroxylation sites is 1. The molecule has 0 aliphatic carbocycles. The summed E-state index contributed by atoms with van der Waals surface area (Å²) < 4.78 is 5.92. The van der Waals surface area contributed by atoms with Crippen molar-refractivity contribution in [3.05, 3.63) is 59.2 Å². The van der Waals surface area contributed by atoms with Gasteiger partial charge < -0.3 is 9.84 Å². The van der Waals surface area contributed by atoms with Gasteiger partial charge in [-0.05, 0) is 44.0 Å². The summed E-state index contributed by atoms with van der Waals surface area (Å²) in [5, 5.41) is 9.73. The average Bonchev–Trinajstić information content (AvgIpc) is 2.34. The Morgan fingerprint density at radius 2 is 1.72 bits per heavy atom. The summed E-state index contributed by atoms with van der Waals surface area (Å²) in [6.07, 6.45) is -0.536. The SMILES string of the molecule is Cc1ccc(C)c(Oc2ccccc2C(C)O)c1. The minimum atomic E-state index is -0.536. The lowest BCUT2D eigenvalue weighted by Crippen LogP contribution is -1.96. The Morgan fingerprint density at radius 1 is 1.00 bits per heavy atom. The molecule has 1 unspecified atom stereocenters. The monoisotopic (exact) mass is 242 g/mol. The molecule has 2 heteroatoms. The van der Waals surface area contributed by atoms with Gasteiger partial charge >= 0.3 is 0 Å². The van der Waals surface area contributed by atoms with E-state index in [1.807, 2.05) is 50.2 Å². The number of rotatable bonds is 3. The zero-order valence-electron chi connectivity index (χ0n) is 11.0. The van der Waals surface area contributed by atoms with Crippen molar-refractivity contribution in [2.45, 2.75) is 26.9 Å². The van der Waals surface area contributed by atoms with Crippen LogP contribution in [0.5, 0.6) is 11.5 Å². The number of aliphatic hydroxyl groups is 1. The largest absolute Gasteiger partial charge is 0.457 e. The molecule has 0 heterocycles. The van der Waals surface area contributed by atoms with E-state index in [0.717, 1.165) is 22.4 Å². The molecule has 0 saturated heterocycles. The van der Waals surface area contributed by atoms with E-state index < -0.39 is 6.10 Å². The molecule has 2 nitrogen and oxygen atoms in total. The van der Waals surface area contributed by atoms with Crippen molar-refractivity contribution in [2.24, 2.45) is 0 Å². The summed E-state index contributed by atoms with van der Waals surface area (Å²) in [5.74, 6) is 1.55. The van der Waals surface area contributed by atoms with E-state index >= 15 is 0 Å². The van der Waals surface area contributed by atoms with Crippen molar-refractivity contribution in [1.29, 1.82) is 0 Å². The third-order valence-electron chi connectivity index (χ3n) is 2.93. The molecular weight excluding hydrogens is 224 g/mol. The molecule has 2 rings (SSSR count). The lowest BCUT2D eigenvalue weighted by atomic mass is 10.1. The molecule has 1 atom stereocenters. The maximum atomic E-state index is 9.73. The second kappa shape index (κ2) is 5.23. The predicted molar refractivity (Wildman–Crippen MR) is 73.1 cm³/mol. The van der Waals surface area contributed by atoms with Crippen LogP contribution in [0, 0.1) is 13.8 Å². The Kier molecular flexibility index (Phi) is 3.68. The van der Waals surface area contributed by atoms with Crippen LogP contribution in [0.25, 0.3) is 0 Å². The van der Waals surface area contributed by atoms with Gasteiger partial charge in [0.25, 0.3) is 0 Å². The molecule has 0 aliphatic rings. The predicted octanol–water partition coefficient (Wildman–Crippen LogP) is 4.15. The first-order valence-corrected chi connectivity index (χ1v) is 6.10. The van der Waals surface area contributed by atoms with E-state index in [9.17, 15) is 5.11 Å². The van der Waals surface area contributed by atoms with Crippen molar-refractivity contribution in [1.82, 2.24) is 0 Å². The molecule has 0 amide bonds. The van der Waals surface area contributed by atoms with Crippen LogP contribution in [-0.4, -0.2) is 5.11 Å². The molecule has 1 N–H and O–H groups in total. The minimum Gasteiger partial charge on any atom is -0.457 e. The van der Waals surface area contributed by atoms with Crippen LogP contribution in [-0.2, 0) is 0 Å². The highest BCUT2D eigenvalue weighted by atomic mass is 16.5. The van der Waals surface area contributed by atoms with Gasteiger partial charge in [0.2, 0.25) is 0 Å². The molecule has 0 spiro atoms. The van der Waals surface area contributed by atoms with Gasteiger partial charge in [0.15, 0.2) is 0 Å². The van der Waals surface area contributed by atoms with Crippen LogP contribution in [0.4, 0.5) is 0 Å². The van der Waals surface area contributed by atoms with Crippen LogP contribution < -0.4 is 4.74 Å². The van der Waals surface area contributed by atoms with Crippen LogP contribution in [0.15, 0.2) is 42.5 Å². The van der Waals surface area contributed by atoms with Crippen LogP contribution in [0.3, 0.4) is 0 Å². The Labute approximate surface area is 108 Å². The van der Waals surface area contributed by atoms with E-state index in [1.165, 1.54) is 0 Å². The summed E-state index contributed by atoms with van der Waals surface area (Å²) in [4.78, 5) is 0. The van der Waals surface area contributed by atoms with E-state index in [-0.39, 0.29) is 0 Å². The normalized spacial score (nSPS) is 12.2. The average molecular weight is 242 g/mol. The molecule has 0 radical (unpaired) electrons. The van der Waals surface area contributed by atoms with Crippen molar-refractivity contribution in [3.63, 3.8) is 0 Å². The molecular formula is C16H18O2. The Bertz CT molecular complexity index is 545. The first-order chi connectivity index (χ1) is 8.58. The molecule has 0 fully saturated rings. The molecule has 94 valence electrons. The number of aryl methyl sites for hydroxylation is 2. The smallest absolute Gasteiger partial charge is 0.133 e. The first kappa shape index (κ1) is 12.7. The Balaban J connectivity index is 2.37. The number of hydrogen-bond acceptors (Lipinski definition) is 2. The third-order valence-corrected chi connectivity index (χ3v) is 2.93. The highest BCUT2D eigenvalue weighted by Crippen LogP contribution is 2.31. The van der Waals surface area contributed by atoms with E-state index in [4.69, 9.17) is 4.74 Å². The second-order valence-electron chi connectivity index (χ2n) is 4.58. The fourth-order valence-corrected chi connectivity index (χ4v) is 1.85. The molecule has 0 aliphatic heterocycles. The molecule has 0 bridgehead atoms. The Hall–Kier alpha value is -1.80. The van der Waals surface area contributed by atoms with Crippen molar-refractivity contribution in [3.8, 4) is 11.5 Å². The van der Waals surface area contributed by atoms with E-state index in [2.05, 4.69) is 6.07 Å². The Morgan fingerprint density at radius 3 is 2.44 bits per heavy atom. The van der Waals surface area contributed by atoms with Crippen molar-refractivity contribution in [2.75, 3.05) is 0 Å². The summed E-state index contributed by atoms with van der Waals surface area (Å²) in [6.45, 7) is 5.79. The van der Waals surface area contributed by atoms with Gasteiger partial charge in [0.1, 0.15) is 11.5 Å². The third kappa shape index (κ3) is 2.71. The van der Waals surface area contributed by atoms with Gasteiger partial charge in [-0.25, -0.2) is 0 Å². The lowest BCUT2D eigenvalue weighted by molar-refractivity contribution is 0.195. The van der Waals surface area contributed by atoms with E-state index in [0.29, 0.717) is 5.75 Å². The molecule has 2 aromatic rings. The van der Waals surface area contributed by atoms with E-state index in [1.54, 1.807) is 6.92 Å². The number of benzene rings is 2. The summed E-state index contributed by atoms with van der Waals surface area (Å²) in [6, 6.07) is 13.7.